The molecule has 100 valence electrons. The van der Waals surface area contributed by atoms with Crippen LogP contribution in [0.25, 0.3) is 0 Å². The lowest BCUT2D eigenvalue weighted by Gasteiger charge is -2.06. The number of rotatable bonds is 5. The van der Waals surface area contributed by atoms with Crippen molar-refractivity contribution in [1.29, 1.82) is 0 Å². The molecule has 0 radical (unpaired) electrons. The Morgan fingerprint density at radius 3 is 3.00 bits per heavy atom. The maximum Gasteiger partial charge on any atom is 0.234 e. The number of hydrogen-bond donors (Lipinski definition) is 2. The van der Waals surface area contributed by atoms with E-state index in [0.29, 0.717) is 11.4 Å². The number of nitrogens with one attached hydrogen (secondary N) is 1. The van der Waals surface area contributed by atoms with Crippen LogP contribution in [-0.2, 0) is 10.5 Å². The summed E-state index contributed by atoms with van der Waals surface area (Å²) in [7, 11) is 0. The second-order valence-electron chi connectivity index (χ2n) is 3.86. The quantitative estimate of drug-likeness (QED) is 0.826. The predicted octanol–water partition coefficient (Wildman–Crippen LogP) is 2.87. The molecular weight excluding hydrogens is 267 g/mol. The smallest absolute Gasteiger partial charge is 0.234 e. The number of thioether (sulfide) groups is 1. The van der Waals surface area contributed by atoms with Crippen molar-refractivity contribution in [2.24, 2.45) is 0 Å². The Labute approximate surface area is 114 Å². The van der Waals surface area contributed by atoms with Crippen LogP contribution in [0.1, 0.15) is 5.76 Å². The Morgan fingerprint density at radius 2 is 2.26 bits per heavy atom. The van der Waals surface area contributed by atoms with Crippen LogP contribution < -0.4 is 11.1 Å². The highest BCUT2D eigenvalue weighted by atomic mass is 32.2. The molecule has 0 aliphatic rings. The molecule has 0 unspecified atom stereocenters. The Kier molecular flexibility index (Phi) is 4.46. The normalized spacial score (nSPS) is 10.4. The third kappa shape index (κ3) is 4.03. The molecule has 0 bridgehead atoms. The van der Waals surface area contributed by atoms with Crippen molar-refractivity contribution in [3.8, 4) is 0 Å². The molecule has 0 spiro atoms. The summed E-state index contributed by atoms with van der Waals surface area (Å²) in [6.07, 6.45) is 1.58. The van der Waals surface area contributed by atoms with Crippen LogP contribution in [0.4, 0.5) is 15.8 Å². The first-order chi connectivity index (χ1) is 9.15. The molecule has 4 nitrogen and oxygen atoms in total. The molecule has 1 amide bonds. The summed E-state index contributed by atoms with van der Waals surface area (Å²) in [5.74, 6) is 0.835. The molecule has 2 aromatic rings. The van der Waals surface area contributed by atoms with E-state index in [1.54, 1.807) is 12.3 Å². The molecule has 6 heteroatoms. The molecule has 1 heterocycles. The maximum absolute atomic E-state index is 13.4. The van der Waals surface area contributed by atoms with Gasteiger partial charge in [-0.3, -0.25) is 4.79 Å². The largest absolute Gasteiger partial charge is 0.468 e. The van der Waals surface area contributed by atoms with Crippen LogP contribution in [0.5, 0.6) is 0 Å². The summed E-state index contributed by atoms with van der Waals surface area (Å²) in [5, 5.41) is 2.49. The first kappa shape index (κ1) is 13.5. The van der Waals surface area contributed by atoms with E-state index in [-0.39, 0.29) is 17.3 Å². The zero-order valence-electron chi connectivity index (χ0n) is 10.1. The third-order valence-electron chi connectivity index (χ3n) is 2.32. The van der Waals surface area contributed by atoms with Gasteiger partial charge in [0.25, 0.3) is 0 Å². The Morgan fingerprint density at radius 1 is 1.42 bits per heavy atom. The van der Waals surface area contributed by atoms with Crippen molar-refractivity contribution in [2.75, 3.05) is 16.8 Å². The number of carbonyl (C=O) groups is 1. The van der Waals surface area contributed by atoms with Gasteiger partial charge in [0.2, 0.25) is 5.91 Å². The van der Waals surface area contributed by atoms with E-state index in [1.165, 1.54) is 30.0 Å². The van der Waals surface area contributed by atoms with E-state index in [1.807, 2.05) is 6.07 Å². The molecule has 0 aliphatic heterocycles. The number of nitrogen functional groups attached to an aromatic ring is 1. The Bertz CT molecular complexity index is 558. The van der Waals surface area contributed by atoms with Gasteiger partial charge in [0.15, 0.2) is 0 Å². The van der Waals surface area contributed by atoms with E-state index in [2.05, 4.69) is 5.32 Å². The fraction of sp³-hybridized carbons (Fsp3) is 0.154. The molecule has 0 aliphatic carbocycles. The molecule has 0 fully saturated rings. The Hall–Kier alpha value is -1.95. The van der Waals surface area contributed by atoms with Crippen LogP contribution in [0, 0.1) is 5.82 Å². The van der Waals surface area contributed by atoms with Gasteiger partial charge in [-0.15, -0.1) is 11.8 Å². The van der Waals surface area contributed by atoms with E-state index in [9.17, 15) is 9.18 Å². The minimum absolute atomic E-state index is 0.101. The first-order valence-corrected chi connectivity index (χ1v) is 6.75. The number of anilines is 2. The monoisotopic (exact) mass is 280 g/mol. The highest BCUT2D eigenvalue weighted by molar-refractivity contribution is 7.99. The molecule has 0 atom stereocenters. The van der Waals surface area contributed by atoms with Gasteiger partial charge in [0.1, 0.15) is 11.6 Å². The van der Waals surface area contributed by atoms with Crippen molar-refractivity contribution >= 4 is 29.0 Å². The summed E-state index contributed by atoms with van der Waals surface area (Å²) in [5.41, 5.74) is 6.04. The molecule has 0 saturated heterocycles. The second kappa shape index (κ2) is 6.29. The van der Waals surface area contributed by atoms with E-state index in [0.717, 1.165) is 5.76 Å². The number of furan rings is 1. The minimum Gasteiger partial charge on any atom is -0.468 e. The van der Waals surface area contributed by atoms with Crippen LogP contribution >= 0.6 is 11.8 Å². The molecule has 1 aromatic heterocycles. The molecular formula is C13H13FN2O2S. The summed E-state index contributed by atoms with van der Waals surface area (Å²) in [6, 6.07) is 7.68. The summed E-state index contributed by atoms with van der Waals surface area (Å²) >= 11 is 1.39. The second-order valence-corrected chi connectivity index (χ2v) is 4.85. The van der Waals surface area contributed by atoms with Crippen molar-refractivity contribution in [2.45, 2.75) is 5.75 Å². The van der Waals surface area contributed by atoms with Gasteiger partial charge in [-0.05, 0) is 30.3 Å². The van der Waals surface area contributed by atoms with Crippen LogP contribution in [0.3, 0.4) is 0 Å². The number of hydrogen-bond acceptors (Lipinski definition) is 4. The lowest BCUT2D eigenvalue weighted by Crippen LogP contribution is -2.15. The molecule has 3 N–H and O–H groups in total. The fourth-order valence-corrected chi connectivity index (χ4v) is 2.19. The lowest BCUT2D eigenvalue weighted by molar-refractivity contribution is -0.113. The SMILES string of the molecule is Nc1ccc(F)c(NC(=O)CSCc2ccco2)c1. The van der Waals surface area contributed by atoms with Gasteiger partial charge in [-0.25, -0.2) is 4.39 Å². The summed E-state index contributed by atoms with van der Waals surface area (Å²) in [4.78, 5) is 11.6. The van der Waals surface area contributed by atoms with E-state index in [4.69, 9.17) is 10.2 Å². The van der Waals surface area contributed by atoms with Crippen molar-refractivity contribution in [3.05, 3.63) is 48.2 Å². The van der Waals surface area contributed by atoms with Gasteiger partial charge in [-0.2, -0.15) is 0 Å². The summed E-state index contributed by atoms with van der Waals surface area (Å²) < 4.78 is 18.5. The van der Waals surface area contributed by atoms with Gasteiger partial charge < -0.3 is 15.5 Å². The molecule has 0 saturated carbocycles. The zero-order valence-corrected chi connectivity index (χ0v) is 10.9. The van der Waals surface area contributed by atoms with Crippen molar-refractivity contribution in [1.82, 2.24) is 0 Å². The topological polar surface area (TPSA) is 68.3 Å². The highest BCUT2D eigenvalue weighted by Crippen LogP contribution is 2.18. The molecule has 19 heavy (non-hydrogen) atoms. The number of halogens is 1. The van der Waals surface area contributed by atoms with Gasteiger partial charge >= 0.3 is 0 Å². The van der Waals surface area contributed by atoms with Gasteiger partial charge in [0.05, 0.1) is 23.5 Å². The zero-order chi connectivity index (χ0) is 13.7. The predicted molar refractivity (Wildman–Crippen MR) is 74.3 cm³/mol. The van der Waals surface area contributed by atoms with Crippen LogP contribution in [0.2, 0.25) is 0 Å². The summed E-state index contributed by atoms with van der Waals surface area (Å²) in [6.45, 7) is 0. The average Bonchev–Trinajstić information content (AvgIpc) is 2.87. The number of amides is 1. The molecule has 1 aromatic carbocycles. The standard InChI is InChI=1S/C13H13FN2O2S/c14-11-4-3-9(15)6-12(11)16-13(17)8-19-7-10-2-1-5-18-10/h1-6H,7-8,15H2,(H,16,17). The number of benzene rings is 1. The van der Waals surface area contributed by atoms with Crippen molar-refractivity contribution < 1.29 is 13.6 Å². The van der Waals surface area contributed by atoms with Crippen LogP contribution in [-0.4, -0.2) is 11.7 Å². The highest BCUT2D eigenvalue weighted by Gasteiger charge is 2.08. The number of carbonyl (C=O) groups excluding carboxylic acids is 1. The Balaban J connectivity index is 1.82. The minimum atomic E-state index is -0.501. The van der Waals surface area contributed by atoms with Crippen molar-refractivity contribution in [3.63, 3.8) is 0 Å². The van der Waals surface area contributed by atoms with Crippen LogP contribution in [0.15, 0.2) is 41.0 Å². The van der Waals surface area contributed by atoms with Gasteiger partial charge in [-0.1, -0.05) is 0 Å². The van der Waals surface area contributed by atoms with Gasteiger partial charge in [0, 0.05) is 5.69 Å². The van der Waals surface area contributed by atoms with E-state index >= 15 is 0 Å². The maximum atomic E-state index is 13.4. The van der Waals surface area contributed by atoms with E-state index < -0.39 is 5.82 Å². The first-order valence-electron chi connectivity index (χ1n) is 5.60. The molecule has 2 rings (SSSR count). The number of nitrogens with two attached hydrogens (primary N) is 1. The average molecular weight is 280 g/mol. The lowest BCUT2D eigenvalue weighted by atomic mass is 10.2. The third-order valence-corrected chi connectivity index (χ3v) is 3.28. The fourth-order valence-electron chi connectivity index (χ4n) is 1.46.